The number of amides is 1. The van der Waals surface area contributed by atoms with Gasteiger partial charge in [-0.3, -0.25) is 9.69 Å². The molecule has 0 spiro atoms. The summed E-state index contributed by atoms with van der Waals surface area (Å²) in [6.45, 7) is 6.43. The molecule has 1 aliphatic rings. The maximum absolute atomic E-state index is 13.6. The standard InChI is InChI=1S/C32H35N3O/c1-25-10-8-14-27(22-25)29(30-24-33(2)31-16-7-6-15-28(30)31)23-32(36)35-20-18-34(19-21-35)17-9-13-26-11-4-3-5-12-26/h3-16,22,24,29H,17-21,23H2,1-2H3. The van der Waals surface area contributed by atoms with Crippen molar-refractivity contribution in [1.29, 1.82) is 0 Å². The molecule has 1 unspecified atom stereocenters. The number of hydrogen-bond acceptors (Lipinski definition) is 2. The van der Waals surface area contributed by atoms with E-state index in [1.165, 1.54) is 33.2 Å². The number of aryl methyl sites for hydroxylation is 2. The Morgan fingerprint density at radius 1 is 0.917 bits per heavy atom. The van der Waals surface area contributed by atoms with Gasteiger partial charge in [-0.2, -0.15) is 0 Å². The minimum absolute atomic E-state index is 0.0373. The highest BCUT2D eigenvalue weighted by atomic mass is 16.2. The van der Waals surface area contributed by atoms with Gasteiger partial charge < -0.3 is 9.47 Å². The van der Waals surface area contributed by atoms with Crippen LogP contribution in [0.4, 0.5) is 0 Å². The lowest BCUT2D eigenvalue weighted by Gasteiger charge is -2.35. The van der Waals surface area contributed by atoms with Crippen molar-refractivity contribution in [3.8, 4) is 0 Å². The molecule has 36 heavy (non-hydrogen) atoms. The SMILES string of the molecule is Cc1cccc(C(CC(=O)N2CCN(CC=Cc3ccccc3)CC2)c2cn(C)c3ccccc23)c1. The second kappa shape index (κ2) is 11.0. The Morgan fingerprint density at radius 2 is 1.67 bits per heavy atom. The van der Waals surface area contributed by atoms with Gasteiger partial charge in [-0.25, -0.2) is 0 Å². The molecule has 1 amide bonds. The van der Waals surface area contributed by atoms with Crippen LogP contribution in [0.15, 0.2) is 91.1 Å². The van der Waals surface area contributed by atoms with E-state index in [1.807, 2.05) is 6.07 Å². The molecule has 1 aromatic heterocycles. The van der Waals surface area contributed by atoms with Crippen molar-refractivity contribution >= 4 is 22.9 Å². The molecular weight excluding hydrogens is 442 g/mol. The zero-order valence-electron chi connectivity index (χ0n) is 21.3. The summed E-state index contributed by atoms with van der Waals surface area (Å²) < 4.78 is 2.18. The number of benzene rings is 3. The number of carbonyl (C=O) groups excluding carboxylic acids is 1. The zero-order valence-corrected chi connectivity index (χ0v) is 21.3. The lowest BCUT2D eigenvalue weighted by Crippen LogP contribution is -2.48. The first-order valence-electron chi connectivity index (χ1n) is 12.9. The van der Waals surface area contributed by atoms with Gasteiger partial charge in [0.25, 0.3) is 0 Å². The molecule has 0 aliphatic carbocycles. The van der Waals surface area contributed by atoms with Gasteiger partial charge in [0.2, 0.25) is 5.91 Å². The summed E-state index contributed by atoms with van der Waals surface area (Å²) in [5.41, 5.74) is 6.10. The first-order chi connectivity index (χ1) is 17.6. The Hall–Kier alpha value is -3.63. The van der Waals surface area contributed by atoms with E-state index in [4.69, 9.17) is 0 Å². The topological polar surface area (TPSA) is 28.5 Å². The maximum Gasteiger partial charge on any atom is 0.223 e. The minimum Gasteiger partial charge on any atom is -0.350 e. The fourth-order valence-electron chi connectivity index (χ4n) is 5.33. The van der Waals surface area contributed by atoms with Gasteiger partial charge in [0, 0.05) is 69.2 Å². The Labute approximate surface area is 214 Å². The van der Waals surface area contributed by atoms with E-state index in [9.17, 15) is 4.79 Å². The predicted molar refractivity (Wildman–Crippen MR) is 149 cm³/mol. The average molecular weight is 478 g/mol. The van der Waals surface area contributed by atoms with E-state index in [0.717, 1.165) is 32.7 Å². The number of hydrogen-bond donors (Lipinski definition) is 0. The molecule has 184 valence electrons. The molecule has 0 N–H and O–H groups in total. The lowest BCUT2D eigenvalue weighted by molar-refractivity contribution is -0.133. The molecule has 4 heteroatoms. The smallest absolute Gasteiger partial charge is 0.223 e. The van der Waals surface area contributed by atoms with Gasteiger partial charge >= 0.3 is 0 Å². The number of piperazine rings is 1. The summed E-state index contributed by atoms with van der Waals surface area (Å²) in [5, 5.41) is 1.23. The van der Waals surface area contributed by atoms with Gasteiger partial charge in [0.1, 0.15) is 0 Å². The molecule has 5 rings (SSSR count). The summed E-state index contributed by atoms with van der Waals surface area (Å²) in [7, 11) is 2.09. The van der Waals surface area contributed by atoms with Crippen LogP contribution in [-0.4, -0.2) is 53.0 Å². The van der Waals surface area contributed by atoms with Crippen LogP contribution < -0.4 is 0 Å². The molecule has 0 saturated carbocycles. The van der Waals surface area contributed by atoms with Crippen LogP contribution >= 0.6 is 0 Å². The van der Waals surface area contributed by atoms with E-state index in [2.05, 4.69) is 119 Å². The highest BCUT2D eigenvalue weighted by Crippen LogP contribution is 2.35. The first-order valence-corrected chi connectivity index (χ1v) is 12.9. The van der Waals surface area contributed by atoms with Gasteiger partial charge in [-0.15, -0.1) is 0 Å². The molecule has 4 nitrogen and oxygen atoms in total. The maximum atomic E-state index is 13.6. The highest BCUT2D eigenvalue weighted by Gasteiger charge is 2.27. The number of aromatic nitrogens is 1. The molecule has 0 radical (unpaired) electrons. The fraction of sp³-hybridized carbons (Fsp3) is 0.281. The van der Waals surface area contributed by atoms with Crippen LogP contribution in [0.5, 0.6) is 0 Å². The average Bonchev–Trinajstić information content (AvgIpc) is 3.24. The fourth-order valence-corrected chi connectivity index (χ4v) is 5.33. The van der Waals surface area contributed by atoms with Crippen LogP contribution in [0.2, 0.25) is 0 Å². The van der Waals surface area contributed by atoms with Crippen molar-refractivity contribution in [2.24, 2.45) is 7.05 Å². The summed E-state index contributed by atoms with van der Waals surface area (Å²) >= 11 is 0. The van der Waals surface area contributed by atoms with E-state index in [-0.39, 0.29) is 11.8 Å². The molecule has 3 aromatic carbocycles. The third-order valence-corrected chi connectivity index (χ3v) is 7.32. The highest BCUT2D eigenvalue weighted by molar-refractivity contribution is 5.86. The van der Waals surface area contributed by atoms with Crippen LogP contribution in [0.25, 0.3) is 17.0 Å². The molecule has 1 fully saturated rings. The number of nitrogens with zero attached hydrogens (tertiary/aromatic N) is 3. The summed E-state index contributed by atoms with van der Waals surface area (Å²) in [4.78, 5) is 18.1. The number of para-hydroxylation sites is 1. The molecule has 0 bridgehead atoms. The third-order valence-electron chi connectivity index (χ3n) is 7.32. The summed E-state index contributed by atoms with van der Waals surface area (Å²) in [6.07, 6.45) is 7.10. The molecule has 1 aliphatic heterocycles. The minimum atomic E-state index is 0.0373. The normalized spacial score (nSPS) is 15.6. The summed E-state index contributed by atoms with van der Waals surface area (Å²) in [6, 6.07) is 27.5. The third kappa shape index (κ3) is 5.44. The van der Waals surface area contributed by atoms with Gasteiger partial charge in [0.15, 0.2) is 0 Å². The van der Waals surface area contributed by atoms with Gasteiger partial charge in [-0.1, -0.05) is 90.5 Å². The summed E-state index contributed by atoms with van der Waals surface area (Å²) in [5.74, 6) is 0.282. The Bertz CT molecular complexity index is 1350. The van der Waals surface area contributed by atoms with E-state index in [0.29, 0.717) is 6.42 Å². The van der Waals surface area contributed by atoms with Crippen molar-refractivity contribution in [1.82, 2.24) is 14.4 Å². The first kappa shape index (κ1) is 24.1. The monoisotopic (exact) mass is 477 g/mol. The predicted octanol–water partition coefficient (Wildman–Crippen LogP) is 5.87. The van der Waals surface area contributed by atoms with E-state index in [1.54, 1.807) is 0 Å². The van der Waals surface area contributed by atoms with Crippen molar-refractivity contribution in [3.05, 3.63) is 113 Å². The Kier molecular flexibility index (Phi) is 7.33. The van der Waals surface area contributed by atoms with E-state index < -0.39 is 0 Å². The lowest BCUT2D eigenvalue weighted by atomic mass is 9.87. The van der Waals surface area contributed by atoms with Crippen molar-refractivity contribution in [2.75, 3.05) is 32.7 Å². The quantitative estimate of drug-likeness (QED) is 0.333. The van der Waals surface area contributed by atoms with Crippen LogP contribution in [0, 0.1) is 6.92 Å². The molecule has 4 aromatic rings. The van der Waals surface area contributed by atoms with Crippen molar-refractivity contribution in [3.63, 3.8) is 0 Å². The number of fused-ring (bicyclic) bond motifs is 1. The largest absolute Gasteiger partial charge is 0.350 e. The number of rotatable bonds is 7. The van der Waals surface area contributed by atoms with Gasteiger partial charge in [0.05, 0.1) is 0 Å². The molecule has 1 saturated heterocycles. The van der Waals surface area contributed by atoms with Crippen LogP contribution in [0.3, 0.4) is 0 Å². The second-order valence-electron chi connectivity index (χ2n) is 9.88. The number of carbonyl (C=O) groups is 1. The van der Waals surface area contributed by atoms with Gasteiger partial charge in [-0.05, 0) is 29.7 Å². The second-order valence-corrected chi connectivity index (χ2v) is 9.88. The molecule has 1 atom stereocenters. The van der Waals surface area contributed by atoms with E-state index >= 15 is 0 Å². The van der Waals surface area contributed by atoms with Crippen LogP contribution in [-0.2, 0) is 11.8 Å². The molecule has 2 heterocycles. The Balaban J connectivity index is 1.28. The zero-order chi connectivity index (χ0) is 24.9. The Morgan fingerprint density at radius 3 is 2.44 bits per heavy atom. The van der Waals surface area contributed by atoms with Crippen molar-refractivity contribution < 1.29 is 4.79 Å². The van der Waals surface area contributed by atoms with Crippen molar-refractivity contribution in [2.45, 2.75) is 19.3 Å². The molecular formula is C32H35N3O. The van der Waals surface area contributed by atoms with Crippen LogP contribution in [0.1, 0.15) is 34.6 Å².